The van der Waals surface area contributed by atoms with Crippen LogP contribution in [0.15, 0.2) is 24.3 Å². The van der Waals surface area contributed by atoms with Gasteiger partial charge in [-0.3, -0.25) is 4.79 Å². The fraction of sp³-hybridized carbons (Fsp3) is 0.286. The van der Waals surface area contributed by atoms with Crippen molar-refractivity contribution in [2.75, 3.05) is 6.54 Å². The Bertz CT molecular complexity index is 584. The number of amides is 1. The van der Waals surface area contributed by atoms with E-state index in [4.69, 9.17) is 16.7 Å². The van der Waals surface area contributed by atoms with Gasteiger partial charge in [0.15, 0.2) is 0 Å². The predicted octanol–water partition coefficient (Wildman–Crippen LogP) is 1.54. The molecule has 0 bridgehead atoms. The van der Waals surface area contributed by atoms with Gasteiger partial charge in [-0.25, -0.2) is 9.18 Å². The minimum Gasteiger partial charge on any atom is -0.480 e. The summed E-state index contributed by atoms with van der Waals surface area (Å²) in [4.78, 5) is 24.1. The topological polar surface area (TPSA) is 77.8 Å². The Labute approximate surface area is 125 Å². The molecule has 7 heteroatoms. The van der Waals surface area contributed by atoms with Crippen LogP contribution in [0, 0.1) is 5.82 Å². The smallest absolute Gasteiger partial charge is 0.326 e. The number of hydrogen-bond donors (Lipinski definition) is 2. The molecule has 0 radical (unpaired) electrons. The molecule has 0 aromatic heterocycles. The summed E-state index contributed by atoms with van der Waals surface area (Å²) in [6.07, 6.45) is 1.36. The van der Waals surface area contributed by atoms with Crippen molar-refractivity contribution in [2.24, 2.45) is 0 Å². The van der Waals surface area contributed by atoms with Gasteiger partial charge in [0.2, 0.25) is 5.91 Å². The third-order valence-electron chi connectivity index (χ3n) is 3.24. The maximum Gasteiger partial charge on any atom is 0.326 e. The Kier molecular flexibility index (Phi) is 4.59. The van der Waals surface area contributed by atoms with Crippen molar-refractivity contribution in [1.29, 1.82) is 0 Å². The monoisotopic (exact) mass is 313 g/mol. The zero-order valence-corrected chi connectivity index (χ0v) is 11.6. The Hall–Kier alpha value is -1.92. The van der Waals surface area contributed by atoms with Gasteiger partial charge in [-0.15, -0.1) is 0 Å². The summed E-state index contributed by atoms with van der Waals surface area (Å²) in [5, 5.41) is 18.6. The summed E-state index contributed by atoms with van der Waals surface area (Å²) in [5.74, 6) is -2.38. The molecule has 2 N–H and O–H groups in total. The van der Waals surface area contributed by atoms with E-state index in [9.17, 15) is 19.1 Å². The van der Waals surface area contributed by atoms with Crippen molar-refractivity contribution in [2.45, 2.75) is 18.6 Å². The van der Waals surface area contributed by atoms with Gasteiger partial charge < -0.3 is 15.1 Å². The van der Waals surface area contributed by atoms with Gasteiger partial charge in [-0.2, -0.15) is 0 Å². The zero-order chi connectivity index (χ0) is 15.6. The van der Waals surface area contributed by atoms with Crippen LogP contribution < -0.4 is 0 Å². The summed E-state index contributed by atoms with van der Waals surface area (Å²) in [7, 11) is 0. The van der Waals surface area contributed by atoms with Gasteiger partial charge in [0, 0.05) is 24.6 Å². The van der Waals surface area contributed by atoms with Crippen molar-refractivity contribution in [1.82, 2.24) is 4.90 Å². The Morgan fingerprint density at radius 2 is 2.14 bits per heavy atom. The second-order valence-electron chi connectivity index (χ2n) is 4.70. The lowest BCUT2D eigenvalue weighted by Crippen LogP contribution is -2.39. The maximum absolute atomic E-state index is 13.6. The van der Waals surface area contributed by atoms with Gasteiger partial charge >= 0.3 is 5.97 Å². The third-order valence-corrected chi connectivity index (χ3v) is 3.57. The molecule has 112 valence electrons. The van der Waals surface area contributed by atoms with E-state index in [0.717, 1.165) is 11.0 Å². The molecule has 0 aliphatic carbocycles. The molecule has 1 saturated heterocycles. The number of aliphatic carboxylic acids is 1. The number of carboxylic acid groups (broad SMARTS) is 1. The summed E-state index contributed by atoms with van der Waals surface area (Å²) in [6, 6.07) is 3.05. The van der Waals surface area contributed by atoms with Crippen LogP contribution in [0.1, 0.15) is 12.0 Å². The first-order valence-electron chi connectivity index (χ1n) is 6.23. The number of halogens is 2. The van der Waals surface area contributed by atoms with Crippen LogP contribution in [0.4, 0.5) is 4.39 Å². The molecule has 1 aromatic rings. The molecule has 1 fully saturated rings. The van der Waals surface area contributed by atoms with Crippen LogP contribution in [0.3, 0.4) is 0 Å². The van der Waals surface area contributed by atoms with Crippen LogP contribution in [-0.2, 0) is 9.59 Å². The third kappa shape index (κ3) is 3.40. The Morgan fingerprint density at radius 1 is 1.43 bits per heavy atom. The summed E-state index contributed by atoms with van der Waals surface area (Å²) in [5.41, 5.74) is 0.0548. The van der Waals surface area contributed by atoms with Gasteiger partial charge in [0.1, 0.15) is 11.9 Å². The van der Waals surface area contributed by atoms with Crippen LogP contribution in [0.25, 0.3) is 6.08 Å². The normalized spacial score (nSPS) is 22.0. The molecule has 0 spiro atoms. The first-order chi connectivity index (χ1) is 9.90. The van der Waals surface area contributed by atoms with Crippen LogP contribution in [0.2, 0.25) is 5.02 Å². The molecule has 1 heterocycles. The molecule has 5 nitrogen and oxygen atoms in total. The number of carbonyl (C=O) groups excluding carboxylic acids is 1. The van der Waals surface area contributed by atoms with Gasteiger partial charge in [0.05, 0.1) is 11.1 Å². The van der Waals surface area contributed by atoms with E-state index in [1.54, 1.807) is 0 Å². The van der Waals surface area contributed by atoms with E-state index in [-0.39, 0.29) is 23.6 Å². The molecular formula is C14H13ClFNO4. The van der Waals surface area contributed by atoms with Crippen molar-refractivity contribution < 1.29 is 24.2 Å². The number of nitrogens with zero attached hydrogens (tertiary/aromatic N) is 1. The highest BCUT2D eigenvalue weighted by Crippen LogP contribution is 2.22. The predicted molar refractivity (Wildman–Crippen MR) is 74.2 cm³/mol. The molecule has 0 saturated carbocycles. The Morgan fingerprint density at radius 3 is 2.76 bits per heavy atom. The molecule has 1 aromatic carbocycles. The molecule has 1 amide bonds. The number of hydrogen-bond acceptors (Lipinski definition) is 3. The van der Waals surface area contributed by atoms with E-state index < -0.39 is 29.8 Å². The average Bonchev–Trinajstić information content (AvgIpc) is 2.80. The highest BCUT2D eigenvalue weighted by Gasteiger charge is 2.38. The SMILES string of the molecule is O=C(O)[C@@H]1C[C@H](O)CN1C(=O)C=Cc1c(F)cccc1Cl. The van der Waals surface area contributed by atoms with Crippen molar-refractivity contribution in [3.8, 4) is 0 Å². The summed E-state index contributed by atoms with van der Waals surface area (Å²) >= 11 is 5.82. The standard InChI is InChI=1S/C14H13ClFNO4/c15-10-2-1-3-11(16)9(10)4-5-13(19)17-7-8(18)6-12(17)14(20)21/h1-5,8,12,18H,6-7H2,(H,20,21)/t8-,12-/m0/s1. The number of likely N-dealkylation sites (tertiary alicyclic amines) is 1. The van der Waals surface area contributed by atoms with E-state index in [2.05, 4.69) is 0 Å². The average molecular weight is 314 g/mol. The molecule has 21 heavy (non-hydrogen) atoms. The highest BCUT2D eigenvalue weighted by molar-refractivity contribution is 6.32. The van der Waals surface area contributed by atoms with Gasteiger partial charge in [-0.1, -0.05) is 17.7 Å². The molecule has 2 rings (SSSR count). The first kappa shape index (κ1) is 15.5. The van der Waals surface area contributed by atoms with E-state index in [1.165, 1.54) is 24.3 Å². The molecule has 1 aliphatic rings. The second-order valence-corrected chi connectivity index (χ2v) is 5.11. The molecule has 2 atom stereocenters. The lowest BCUT2D eigenvalue weighted by molar-refractivity contribution is -0.146. The number of aliphatic hydroxyl groups excluding tert-OH is 1. The molecular weight excluding hydrogens is 301 g/mol. The number of aliphatic hydroxyl groups is 1. The van der Waals surface area contributed by atoms with Crippen LogP contribution in [-0.4, -0.2) is 45.7 Å². The quantitative estimate of drug-likeness (QED) is 0.830. The Balaban J connectivity index is 2.17. The minimum absolute atomic E-state index is 0.0185. The largest absolute Gasteiger partial charge is 0.480 e. The number of β-amino-alcohol motifs (C(OH)–C–C–N with tert-alkyl or cyclic N) is 1. The first-order valence-corrected chi connectivity index (χ1v) is 6.61. The van der Waals surface area contributed by atoms with Crippen LogP contribution >= 0.6 is 11.6 Å². The summed E-state index contributed by atoms with van der Waals surface area (Å²) in [6.45, 7) is -0.0643. The highest BCUT2D eigenvalue weighted by atomic mass is 35.5. The van der Waals surface area contributed by atoms with E-state index in [0.29, 0.717) is 0 Å². The van der Waals surface area contributed by atoms with Gasteiger partial charge in [0.25, 0.3) is 0 Å². The van der Waals surface area contributed by atoms with E-state index in [1.807, 2.05) is 0 Å². The number of carboxylic acids is 1. The number of carbonyl (C=O) groups is 2. The van der Waals surface area contributed by atoms with Crippen molar-refractivity contribution >= 4 is 29.6 Å². The fourth-order valence-corrected chi connectivity index (χ4v) is 2.44. The fourth-order valence-electron chi connectivity index (χ4n) is 2.21. The lowest BCUT2D eigenvalue weighted by Gasteiger charge is -2.19. The summed E-state index contributed by atoms with van der Waals surface area (Å²) < 4.78 is 13.6. The second kappa shape index (κ2) is 6.24. The minimum atomic E-state index is -1.18. The molecule has 0 unspecified atom stereocenters. The molecule has 1 aliphatic heterocycles. The van der Waals surface area contributed by atoms with E-state index >= 15 is 0 Å². The van der Waals surface area contributed by atoms with Crippen molar-refractivity contribution in [3.63, 3.8) is 0 Å². The number of rotatable bonds is 3. The lowest BCUT2D eigenvalue weighted by atomic mass is 10.2. The zero-order valence-electron chi connectivity index (χ0n) is 10.9. The van der Waals surface area contributed by atoms with Gasteiger partial charge in [-0.05, 0) is 18.2 Å². The van der Waals surface area contributed by atoms with Crippen molar-refractivity contribution in [3.05, 3.63) is 40.7 Å². The maximum atomic E-state index is 13.6. The number of benzene rings is 1. The van der Waals surface area contributed by atoms with Crippen LogP contribution in [0.5, 0.6) is 0 Å².